The van der Waals surface area contributed by atoms with Crippen LogP contribution in [0.25, 0.3) is 0 Å². The third-order valence-electron chi connectivity index (χ3n) is 5.24. The second-order valence-electron chi connectivity index (χ2n) is 7.35. The number of likely N-dealkylation sites (tertiary alicyclic amines) is 1. The normalized spacial score (nSPS) is 17.3. The smallest absolute Gasteiger partial charge is 0.222 e. The number of hydrogen-bond acceptors (Lipinski definition) is 3. The number of amides is 1. The number of carbonyl (C=O) groups excluding carboxylic acids is 1. The lowest BCUT2D eigenvalue weighted by Gasteiger charge is -2.22. The summed E-state index contributed by atoms with van der Waals surface area (Å²) in [6.45, 7) is 4.02. The van der Waals surface area contributed by atoms with Gasteiger partial charge in [-0.05, 0) is 42.5 Å². The molecule has 0 saturated carbocycles. The van der Waals surface area contributed by atoms with Gasteiger partial charge in [-0.2, -0.15) is 0 Å². The van der Waals surface area contributed by atoms with Gasteiger partial charge in [0.25, 0.3) is 0 Å². The number of rotatable bonds is 7. The van der Waals surface area contributed by atoms with Crippen molar-refractivity contribution in [1.29, 1.82) is 0 Å². The highest BCUT2D eigenvalue weighted by Gasteiger charge is 2.24. The quantitative estimate of drug-likeness (QED) is 0.780. The molecule has 1 heterocycles. The van der Waals surface area contributed by atoms with Crippen molar-refractivity contribution in [2.24, 2.45) is 5.92 Å². The molecule has 1 amide bonds. The Kier molecular flexibility index (Phi) is 6.29. The highest BCUT2D eigenvalue weighted by Crippen LogP contribution is 2.20. The van der Waals surface area contributed by atoms with Crippen LogP contribution in [0.3, 0.4) is 0 Å². The van der Waals surface area contributed by atoms with Gasteiger partial charge < -0.3 is 10.6 Å². The van der Waals surface area contributed by atoms with Crippen LogP contribution in [-0.2, 0) is 17.8 Å². The summed E-state index contributed by atoms with van der Waals surface area (Å²) in [5.41, 5.74) is 9.16. The van der Waals surface area contributed by atoms with Gasteiger partial charge in [0.05, 0.1) is 0 Å². The van der Waals surface area contributed by atoms with Gasteiger partial charge in [-0.15, -0.1) is 0 Å². The van der Waals surface area contributed by atoms with Crippen LogP contribution in [0.2, 0.25) is 0 Å². The molecule has 1 fully saturated rings. The molecule has 0 bridgehead atoms. The molecule has 4 nitrogen and oxygen atoms in total. The Bertz CT molecular complexity index is 716. The molecule has 1 unspecified atom stereocenters. The van der Waals surface area contributed by atoms with Gasteiger partial charge in [0, 0.05) is 38.8 Å². The first-order chi connectivity index (χ1) is 12.6. The maximum atomic E-state index is 12.5. The van der Waals surface area contributed by atoms with Crippen molar-refractivity contribution in [2.75, 3.05) is 32.4 Å². The topological polar surface area (TPSA) is 49.6 Å². The molecule has 3 rings (SSSR count). The van der Waals surface area contributed by atoms with E-state index >= 15 is 0 Å². The molecule has 0 aliphatic carbocycles. The minimum Gasteiger partial charge on any atom is -0.399 e. The Hall–Kier alpha value is -2.33. The molecule has 2 aromatic carbocycles. The van der Waals surface area contributed by atoms with Crippen molar-refractivity contribution in [2.45, 2.75) is 25.8 Å². The van der Waals surface area contributed by atoms with E-state index in [1.807, 2.05) is 36.2 Å². The maximum Gasteiger partial charge on any atom is 0.222 e. The zero-order valence-corrected chi connectivity index (χ0v) is 15.6. The third kappa shape index (κ3) is 5.09. The van der Waals surface area contributed by atoms with Crippen LogP contribution >= 0.6 is 0 Å². The first-order valence-electron chi connectivity index (χ1n) is 9.45. The van der Waals surface area contributed by atoms with Crippen LogP contribution in [0, 0.1) is 5.92 Å². The van der Waals surface area contributed by atoms with Crippen molar-refractivity contribution in [3.05, 3.63) is 65.7 Å². The predicted octanol–water partition coefficient (Wildman–Crippen LogP) is 3.18. The van der Waals surface area contributed by atoms with Gasteiger partial charge in [-0.3, -0.25) is 9.69 Å². The van der Waals surface area contributed by atoms with Crippen LogP contribution in [0.5, 0.6) is 0 Å². The first-order valence-corrected chi connectivity index (χ1v) is 9.45. The lowest BCUT2D eigenvalue weighted by atomic mass is 10.1. The second-order valence-corrected chi connectivity index (χ2v) is 7.35. The van der Waals surface area contributed by atoms with E-state index in [9.17, 15) is 4.79 Å². The maximum absolute atomic E-state index is 12.5. The molecular weight excluding hydrogens is 322 g/mol. The molecule has 138 valence electrons. The Balaban J connectivity index is 1.42. The molecule has 2 N–H and O–H groups in total. The van der Waals surface area contributed by atoms with Gasteiger partial charge in [-0.25, -0.2) is 0 Å². The second kappa shape index (κ2) is 8.86. The molecule has 2 aromatic rings. The number of carbonyl (C=O) groups is 1. The zero-order chi connectivity index (χ0) is 18.4. The standard InChI is InChI=1S/C22H29N3O/c1-24(22(26)12-11-20-9-5-6-10-21(20)23)15-19-13-14-25(17-19)16-18-7-3-2-4-8-18/h2-10,19H,11-17,23H2,1H3. The van der Waals surface area contributed by atoms with Crippen LogP contribution < -0.4 is 5.73 Å². The minimum absolute atomic E-state index is 0.203. The molecule has 1 aliphatic rings. The summed E-state index contributed by atoms with van der Waals surface area (Å²) in [6, 6.07) is 18.4. The predicted molar refractivity (Wildman–Crippen MR) is 107 cm³/mol. The number of hydrogen-bond donors (Lipinski definition) is 1. The van der Waals surface area contributed by atoms with E-state index in [0.717, 1.165) is 43.9 Å². The van der Waals surface area contributed by atoms with E-state index in [1.165, 1.54) is 5.56 Å². The van der Waals surface area contributed by atoms with Crippen molar-refractivity contribution in [1.82, 2.24) is 9.80 Å². The first kappa shape index (κ1) is 18.5. The number of nitrogens with two attached hydrogens (primary N) is 1. The molecule has 1 saturated heterocycles. The zero-order valence-electron chi connectivity index (χ0n) is 15.6. The van der Waals surface area contributed by atoms with Crippen molar-refractivity contribution >= 4 is 11.6 Å². The molecule has 1 aliphatic heterocycles. The van der Waals surface area contributed by atoms with Crippen molar-refractivity contribution in [3.8, 4) is 0 Å². The van der Waals surface area contributed by atoms with Gasteiger partial charge in [0.1, 0.15) is 0 Å². The fourth-order valence-electron chi connectivity index (χ4n) is 3.73. The summed E-state index contributed by atoms with van der Waals surface area (Å²) >= 11 is 0. The molecular formula is C22H29N3O. The van der Waals surface area contributed by atoms with E-state index in [2.05, 4.69) is 35.2 Å². The lowest BCUT2D eigenvalue weighted by Crippen LogP contribution is -2.33. The summed E-state index contributed by atoms with van der Waals surface area (Å²) in [4.78, 5) is 16.8. The molecule has 1 atom stereocenters. The number of nitrogen functional groups attached to an aromatic ring is 1. The molecule has 0 radical (unpaired) electrons. The summed E-state index contributed by atoms with van der Waals surface area (Å²) in [7, 11) is 1.93. The monoisotopic (exact) mass is 351 g/mol. The number of anilines is 1. The summed E-state index contributed by atoms with van der Waals surface area (Å²) in [5.74, 6) is 0.768. The summed E-state index contributed by atoms with van der Waals surface area (Å²) < 4.78 is 0. The largest absolute Gasteiger partial charge is 0.399 e. The SMILES string of the molecule is CN(CC1CCN(Cc2ccccc2)C1)C(=O)CCc1ccccc1N. The van der Waals surface area contributed by atoms with Gasteiger partial charge in [0.2, 0.25) is 5.91 Å². The fourth-order valence-corrected chi connectivity index (χ4v) is 3.73. The third-order valence-corrected chi connectivity index (χ3v) is 5.24. The molecule has 4 heteroatoms. The Morgan fingerprint density at radius 3 is 2.65 bits per heavy atom. The van der Waals surface area contributed by atoms with E-state index in [0.29, 0.717) is 18.8 Å². The summed E-state index contributed by atoms with van der Waals surface area (Å²) in [6.07, 6.45) is 2.39. The van der Waals surface area contributed by atoms with E-state index in [4.69, 9.17) is 5.73 Å². The average molecular weight is 351 g/mol. The van der Waals surface area contributed by atoms with Gasteiger partial charge in [-0.1, -0.05) is 48.5 Å². The Morgan fingerprint density at radius 1 is 1.15 bits per heavy atom. The van der Waals surface area contributed by atoms with Crippen LogP contribution in [0.4, 0.5) is 5.69 Å². The fraction of sp³-hybridized carbons (Fsp3) is 0.409. The lowest BCUT2D eigenvalue weighted by molar-refractivity contribution is -0.130. The summed E-state index contributed by atoms with van der Waals surface area (Å²) in [5, 5.41) is 0. The van der Waals surface area contributed by atoms with E-state index in [1.54, 1.807) is 0 Å². The molecule has 26 heavy (non-hydrogen) atoms. The molecule has 0 aromatic heterocycles. The minimum atomic E-state index is 0.203. The van der Waals surface area contributed by atoms with E-state index < -0.39 is 0 Å². The number of para-hydroxylation sites is 1. The molecule has 0 spiro atoms. The van der Waals surface area contributed by atoms with Crippen LogP contribution in [0.15, 0.2) is 54.6 Å². The number of aryl methyl sites for hydroxylation is 1. The van der Waals surface area contributed by atoms with Crippen molar-refractivity contribution in [3.63, 3.8) is 0 Å². The van der Waals surface area contributed by atoms with Crippen LogP contribution in [0.1, 0.15) is 24.0 Å². The highest BCUT2D eigenvalue weighted by atomic mass is 16.2. The van der Waals surface area contributed by atoms with Gasteiger partial charge in [0.15, 0.2) is 0 Å². The average Bonchev–Trinajstić information content (AvgIpc) is 3.08. The Morgan fingerprint density at radius 2 is 1.88 bits per heavy atom. The number of benzene rings is 2. The highest BCUT2D eigenvalue weighted by molar-refractivity contribution is 5.76. The Labute approximate surface area is 156 Å². The van der Waals surface area contributed by atoms with E-state index in [-0.39, 0.29) is 5.91 Å². The van der Waals surface area contributed by atoms with Crippen molar-refractivity contribution < 1.29 is 4.79 Å². The number of nitrogens with zero attached hydrogens (tertiary/aromatic N) is 2. The van der Waals surface area contributed by atoms with Gasteiger partial charge >= 0.3 is 0 Å². The van der Waals surface area contributed by atoms with Crippen LogP contribution in [-0.4, -0.2) is 42.4 Å².